The van der Waals surface area contributed by atoms with Crippen molar-refractivity contribution in [2.24, 2.45) is 0 Å². The predicted molar refractivity (Wildman–Crippen MR) is 131 cm³/mol. The maximum Gasteiger partial charge on any atom is 0.338 e. The number of ether oxygens (including phenoxy) is 1. The van der Waals surface area contributed by atoms with Crippen molar-refractivity contribution < 1.29 is 29.0 Å². The Morgan fingerprint density at radius 1 is 0.973 bits per heavy atom. The zero-order valence-corrected chi connectivity index (χ0v) is 19.8. The lowest BCUT2D eigenvalue weighted by Gasteiger charge is -2.30. The Balaban J connectivity index is 1.33. The second-order valence-electron chi connectivity index (χ2n) is 8.43. The topological polar surface area (TPSA) is 141 Å². The number of aliphatic carboxylic acids is 1. The predicted octanol–water partition coefficient (Wildman–Crippen LogP) is 2.04. The van der Waals surface area contributed by atoms with E-state index in [-0.39, 0.29) is 18.6 Å². The van der Waals surface area contributed by atoms with Gasteiger partial charge in [-0.1, -0.05) is 42.5 Å². The number of carboxylic acid groups (broad SMARTS) is 1. The van der Waals surface area contributed by atoms with Gasteiger partial charge in [-0.2, -0.15) is 0 Å². The van der Waals surface area contributed by atoms with Gasteiger partial charge in [-0.3, -0.25) is 9.78 Å². The summed E-state index contributed by atoms with van der Waals surface area (Å²) in [7, 11) is 0. The smallest absolute Gasteiger partial charge is 0.338 e. The molecule has 37 heavy (non-hydrogen) atoms. The number of esters is 1. The maximum absolute atomic E-state index is 12.9. The monoisotopic (exact) mass is 501 g/mol. The summed E-state index contributed by atoms with van der Waals surface area (Å²) in [5.74, 6) is -2.48. The van der Waals surface area contributed by atoms with Crippen LogP contribution in [0.4, 0.5) is 10.5 Å². The van der Waals surface area contributed by atoms with Crippen molar-refractivity contribution in [3.8, 4) is 0 Å². The van der Waals surface area contributed by atoms with Crippen LogP contribution in [-0.2, 0) is 20.9 Å². The van der Waals surface area contributed by atoms with Crippen LogP contribution >= 0.6 is 0 Å². The van der Waals surface area contributed by atoms with Crippen LogP contribution in [0.1, 0.15) is 40.5 Å². The van der Waals surface area contributed by atoms with Crippen molar-refractivity contribution in [3.63, 3.8) is 0 Å². The molecule has 2 N–H and O–H groups in total. The first-order valence-electron chi connectivity index (χ1n) is 11.7. The molecule has 0 saturated carbocycles. The van der Waals surface area contributed by atoms with Crippen LogP contribution in [0.15, 0.2) is 79.0 Å². The van der Waals surface area contributed by atoms with Gasteiger partial charge in [-0.15, -0.1) is 0 Å². The van der Waals surface area contributed by atoms with E-state index in [0.29, 0.717) is 17.8 Å². The Morgan fingerprint density at radius 3 is 2.49 bits per heavy atom. The lowest BCUT2D eigenvalue weighted by Crippen LogP contribution is -2.50. The number of pyridine rings is 1. The van der Waals surface area contributed by atoms with Gasteiger partial charge in [0.15, 0.2) is 0 Å². The van der Waals surface area contributed by atoms with Gasteiger partial charge < -0.3 is 30.2 Å². The zero-order valence-electron chi connectivity index (χ0n) is 19.8. The van der Waals surface area contributed by atoms with Crippen molar-refractivity contribution in [3.05, 3.63) is 95.8 Å². The molecule has 10 nitrogen and oxygen atoms in total. The van der Waals surface area contributed by atoms with Gasteiger partial charge in [0.2, 0.25) is 5.91 Å². The molecule has 2 atom stereocenters. The van der Waals surface area contributed by atoms with Gasteiger partial charge in [0.05, 0.1) is 35.9 Å². The number of aromatic nitrogens is 1. The molecular formula is C27H25N4O6-. The van der Waals surface area contributed by atoms with Crippen LogP contribution in [0, 0.1) is 0 Å². The average Bonchev–Trinajstić information content (AvgIpc) is 3.37. The number of carbonyl (C=O) groups excluding carboxylic acids is 4. The Morgan fingerprint density at radius 2 is 1.76 bits per heavy atom. The lowest BCUT2D eigenvalue weighted by atomic mass is 10.1. The number of hydrogen-bond acceptors (Lipinski definition) is 7. The highest BCUT2D eigenvalue weighted by molar-refractivity contribution is 5.95. The van der Waals surface area contributed by atoms with Crippen LogP contribution in [0.2, 0.25) is 0 Å². The van der Waals surface area contributed by atoms with E-state index < -0.39 is 42.5 Å². The minimum absolute atomic E-state index is 0.114. The van der Waals surface area contributed by atoms with Gasteiger partial charge in [-0.05, 0) is 48.7 Å². The molecule has 4 rings (SSSR count). The molecule has 3 aromatic rings. The molecule has 1 aromatic heterocycles. The van der Waals surface area contributed by atoms with E-state index in [0.717, 1.165) is 5.56 Å². The number of carboxylic acids is 1. The molecule has 0 spiro atoms. The Labute approximate surface area is 213 Å². The van der Waals surface area contributed by atoms with Gasteiger partial charge in [0, 0.05) is 11.9 Å². The number of carbonyl (C=O) groups is 4. The van der Waals surface area contributed by atoms with Gasteiger partial charge in [-0.25, -0.2) is 9.59 Å². The van der Waals surface area contributed by atoms with Crippen molar-refractivity contribution in [1.29, 1.82) is 0 Å². The molecule has 1 fully saturated rings. The molecule has 1 aliphatic rings. The SMILES string of the molecule is O=C(NCC(=O)N1C(C(=O)[O-])CCC1c1ccccn1)Nc1cccc(C(=O)OCc2ccccc2)c1. The number of amides is 3. The van der Waals surface area contributed by atoms with E-state index in [1.807, 2.05) is 30.3 Å². The summed E-state index contributed by atoms with van der Waals surface area (Å²) in [5.41, 5.74) is 1.98. The van der Waals surface area contributed by atoms with Crippen molar-refractivity contribution in [2.45, 2.75) is 31.5 Å². The fourth-order valence-corrected chi connectivity index (χ4v) is 4.21. The second kappa shape index (κ2) is 11.8. The molecule has 0 radical (unpaired) electrons. The van der Waals surface area contributed by atoms with Crippen LogP contribution < -0.4 is 15.7 Å². The fourth-order valence-electron chi connectivity index (χ4n) is 4.21. The molecule has 10 heteroatoms. The van der Waals surface area contributed by atoms with Crippen LogP contribution in [0.25, 0.3) is 0 Å². The molecule has 1 saturated heterocycles. The third kappa shape index (κ3) is 6.49. The minimum Gasteiger partial charge on any atom is -0.548 e. The third-order valence-electron chi connectivity index (χ3n) is 5.94. The van der Waals surface area contributed by atoms with Crippen molar-refractivity contribution >= 4 is 29.6 Å². The van der Waals surface area contributed by atoms with Crippen molar-refractivity contribution in [1.82, 2.24) is 15.2 Å². The Kier molecular flexibility index (Phi) is 8.09. The standard InChI is InChI=1S/C27H26N4O6/c32-24(31-22(12-13-23(31)25(33)34)21-11-4-5-14-28-21)16-29-27(36)30-20-10-6-9-19(15-20)26(35)37-17-18-7-2-1-3-8-18/h1-11,14-15,22-23H,12-13,16-17H2,(H,33,34)(H2,29,30,36)/p-1. The highest BCUT2D eigenvalue weighted by atomic mass is 16.5. The summed E-state index contributed by atoms with van der Waals surface area (Å²) in [6.07, 6.45) is 2.22. The highest BCUT2D eigenvalue weighted by Gasteiger charge is 2.39. The number of rotatable bonds is 8. The number of benzene rings is 2. The van der Waals surface area contributed by atoms with E-state index in [1.165, 1.54) is 11.0 Å². The molecule has 2 heterocycles. The summed E-state index contributed by atoms with van der Waals surface area (Å²) >= 11 is 0. The number of urea groups is 1. The van der Waals surface area contributed by atoms with Gasteiger partial charge >= 0.3 is 12.0 Å². The molecule has 2 aromatic carbocycles. The molecule has 190 valence electrons. The first-order chi connectivity index (χ1) is 17.9. The number of hydrogen-bond donors (Lipinski definition) is 2. The summed E-state index contributed by atoms with van der Waals surface area (Å²) in [6, 6.07) is 18.3. The highest BCUT2D eigenvalue weighted by Crippen LogP contribution is 2.35. The molecule has 2 unspecified atom stereocenters. The molecule has 1 aliphatic heterocycles. The van der Waals surface area contributed by atoms with E-state index in [2.05, 4.69) is 15.6 Å². The largest absolute Gasteiger partial charge is 0.548 e. The van der Waals surface area contributed by atoms with Crippen LogP contribution in [0.5, 0.6) is 0 Å². The number of likely N-dealkylation sites (tertiary alicyclic amines) is 1. The molecular weight excluding hydrogens is 476 g/mol. The van der Waals surface area contributed by atoms with Crippen LogP contribution in [0.3, 0.4) is 0 Å². The Hall–Kier alpha value is -4.73. The van der Waals surface area contributed by atoms with E-state index in [1.54, 1.807) is 42.6 Å². The second-order valence-corrected chi connectivity index (χ2v) is 8.43. The first-order valence-corrected chi connectivity index (χ1v) is 11.7. The van der Waals surface area contributed by atoms with E-state index in [4.69, 9.17) is 4.74 Å². The number of nitrogens with zero attached hydrogens (tertiary/aromatic N) is 2. The molecule has 3 amide bonds. The number of anilines is 1. The van der Waals surface area contributed by atoms with Crippen molar-refractivity contribution in [2.75, 3.05) is 11.9 Å². The third-order valence-corrected chi connectivity index (χ3v) is 5.94. The molecule has 0 bridgehead atoms. The normalized spacial score (nSPS) is 16.6. The summed E-state index contributed by atoms with van der Waals surface area (Å²) in [4.78, 5) is 54.8. The summed E-state index contributed by atoms with van der Waals surface area (Å²) in [5, 5.41) is 16.6. The number of nitrogens with one attached hydrogen (secondary N) is 2. The minimum atomic E-state index is -1.35. The zero-order chi connectivity index (χ0) is 26.2. The fraction of sp³-hybridized carbons (Fsp3) is 0.222. The Bertz CT molecular complexity index is 1270. The lowest BCUT2D eigenvalue weighted by molar-refractivity contribution is -0.310. The maximum atomic E-state index is 12.9. The van der Waals surface area contributed by atoms with Gasteiger partial charge in [0.25, 0.3) is 0 Å². The molecule has 0 aliphatic carbocycles. The first kappa shape index (κ1) is 25.4. The average molecular weight is 502 g/mol. The summed E-state index contributed by atoms with van der Waals surface area (Å²) < 4.78 is 5.31. The van der Waals surface area contributed by atoms with Crippen LogP contribution in [-0.4, -0.2) is 46.3 Å². The summed E-state index contributed by atoms with van der Waals surface area (Å²) in [6.45, 7) is -0.319. The van der Waals surface area contributed by atoms with E-state index in [9.17, 15) is 24.3 Å². The van der Waals surface area contributed by atoms with Gasteiger partial charge in [0.1, 0.15) is 6.61 Å². The van der Waals surface area contributed by atoms with E-state index >= 15 is 0 Å². The quantitative estimate of drug-likeness (QED) is 0.450.